The Bertz CT molecular complexity index is 360. The second kappa shape index (κ2) is 15.4. The van der Waals surface area contributed by atoms with E-state index in [0.29, 0.717) is 6.61 Å². The molecule has 0 amide bonds. The lowest BCUT2D eigenvalue weighted by Crippen LogP contribution is -2.01. The van der Waals surface area contributed by atoms with Crippen LogP contribution in [0.2, 0.25) is 0 Å². The summed E-state index contributed by atoms with van der Waals surface area (Å²) in [6, 6.07) is 0. The zero-order valence-electron chi connectivity index (χ0n) is 17.6. The largest absolute Gasteiger partial charge is 0.339 e. The summed E-state index contributed by atoms with van der Waals surface area (Å²) in [5.41, 5.74) is 1.30. The molecular weight excluding hydrogens is 312 g/mol. The quantitative estimate of drug-likeness (QED) is 0.139. The average Bonchev–Trinajstić information content (AvgIpc) is 2.51. The Morgan fingerprint density at radius 3 is 1.88 bits per heavy atom. The summed E-state index contributed by atoms with van der Waals surface area (Å²) in [6.07, 6.45) is 13.9. The summed E-state index contributed by atoms with van der Waals surface area (Å²) in [5.74, 6) is 2.13. The van der Waals surface area contributed by atoms with Crippen molar-refractivity contribution < 1.29 is 14.6 Å². The van der Waals surface area contributed by atoms with Crippen LogP contribution in [0.5, 0.6) is 0 Å². The van der Waals surface area contributed by atoms with E-state index in [1.165, 1.54) is 63.9 Å². The second-order valence-electron chi connectivity index (χ2n) is 8.27. The van der Waals surface area contributed by atoms with Crippen molar-refractivity contribution in [3.8, 4) is 0 Å². The maximum atomic E-state index is 10.6. The first-order valence-electron chi connectivity index (χ1n) is 10.3. The highest BCUT2D eigenvalue weighted by atomic mass is 17.2. The van der Waals surface area contributed by atoms with E-state index >= 15 is 0 Å². The van der Waals surface area contributed by atoms with Crippen LogP contribution in [0.15, 0.2) is 11.6 Å². The smallest absolute Gasteiger partial charge is 0.298 e. The molecule has 0 aliphatic heterocycles. The van der Waals surface area contributed by atoms with Crippen molar-refractivity contribution in [2.75, 3.05) is 6.61 Å². The third-order valence-corrected chi connectivity index (χ3v) is 4.82. The first-order chi connectivity index (χ1) is 11.8. The maximum absolute atomic E-state index is 10.6. The molecule has 0 radical (unpaired) electrons. The topological polar surface area (TPSA) is 35.5 Å². The average molecular weight is 355 g/mol. The normalized spacial score (nSPS) is 14.6. The van der Waals surface area contributed by atoms with E-state index in [9.17, 15) is 4.79 Å². The van der Waals surface area contributed by atoms with E-state index in [2.05, 4.69) is 39.5 Å². The number of hydrogen-bond acceptors (Lipinski definition) is 3. The molecule has 0 fully saturated rings. The van der Waals surface area contributed by atoms with E-state index in [1.807, 2.05) is 6.08 Å². The van der Waals surface area contributed by atoms with Gasteiger partial charge in [0.15, 0.2) is 0 Å². The third-order valence-electron chi connectivity index (χ3n) is 4.82. The minimum absolute atomic E-state index is 0.343. The zero-order chi connectivity index (χ0) is 19.1. The number of carbonyl (C=O) groups is 1. The molecule has 0 bridgehead atoms. The van der Waals surface area contributed by atoms with Gasteiger partial charge in [-0.05, 0) is 37.5 Å². The van der Waals surface area contributed by atoms with Crippen LogP contribution < -0.4 is 0 Å². The van der Waals surface area contributed by atoms with Crippen molar-refractivity contribution in [1.82, 2.24) is 0 Å². The fourth-order valence-electron chi connectivity index (χ4n) is 3.10. The summed E-state index contributed by atoms with van der Waals surface area (Å²) in [5, 5.41) is 0. The molecule has 0 rings (SSSR count). The van der Waals surface area contributed by atoms with Gasteiger partial charge in [-0.2, -0.15) is 4.89 Å². The Morgan fingerprint density at radius 2 is 1.36 bits per heavy atom. The Kier molecular flexibility index (Phi) is 14.9. The molecule has 3 nitrogen and oxygen atoms in total. The standard InChI is InChI=1S/C22H42O3/c1-18(2)10-7-11-19(3)12-8-13-20(4)14-9-15-21(5)16-17-24-25-22(6)23/h16,18-20H,7-15,17H2,1-6H3/t19-,20-/m0/s1. The van der Waals surface area contributed by atoms with Gasteiger partial charge in [0, 0.05) is 6.92 Å². The van der Waals surface area contributed by atoms with Crippen molar-refractivity contribution in [1.29, 1.82) is 0 Å². The van der Waals surface area contributed by atoms with Gasteiger partial charge in [-0.1, -0.05) is 84.3 Å². The van der Waals surface area contributed by atoms with Gasteiger partial charge in [0.05, 0.1) is 0 Å². The number of carbonyl (C=O) groups excluding carboxylic acids is 1. The van der Waals surface area contributed by atoms with E-state index < -0.39 is 5.97 Å². The molecule has 0 saturated carbocycles. The minimum atomic E-state index is -0.408. The van der Waals surface area contributed by atoms with Crippen LogP contribution in [-0.4, -0.2) is 12.6 Å². The van der Waals surface area contributed by atoms with Crippen molar-refractivity contribution >= 4 is 5.97 Å². The Morgan fingerprint density at radius 1 is 0.840 bits per heavy atom. The van der Waals surface area contributed by atoms with Crippen molar-refractivity contribution in [3.05, 3.63) is 11.6 Å². The Labute approximate surface area is 156 Å². The fourth-order valence-corrected chi connectivity index (χ4v) is 3.10. The first kappa shape index (κ1) is 24.2. The summed E-state index contributed by atoms with van der Waals surface area (Å²) in [4.78, 5) is 19.8. The Balaban J connectivity index is 3.61. The van der Waals surface area contributed by atoms with Gasteiger partial charge in [-0.25, -0.2) is 4.79 Å². The van der Waals surface area contributed by atoms with Crippen LogP contribution in [0.3, 0.4) is 0 Å². The highest BCUT2D eigenvalue weighted by Gasteiger charge is 2.06. The van der Waals surface area contributed by atoms with Gasteiger partial charge in [0.25, 0.3) is 0 Å². The van der Waals surface area contributed by atoms with Crippen LogP contribution in [0.25, 0.3) is 0 Å². The molecule has 0 saturated heterocycles. The molecule has 0 aliphatic rings. The molecule has 2 atom stereocenters. The number of allylic oxidation sites excluding steroid dienone is 1. The highest BCUT2D eigenvalue weighted by molar-refractivity contribution is 5.65. The monoisotopic (exact) mass is 354 g/mol. The predicted molar refractivity (Wildman–Crippen MR) is 106 cm³/mol. The number of hydrogen-bond donors (Lipinski definition) is 0. The van der Waals surface area contributed by atoms with E-state index in [1.54, 1.807) is 0 Å². The first-order valence-corrected chi connectivity index (χ1v) is 10.3. The maximum Gasteiger partial charge on any atom is 0.339 e. The minimum Gasteiger partial charge on any atom is -0.298 e. The van der Waals surface area contributed by atoms with E-state index in [4.69, 9.17) is 4.89 Å². The van der Waals surface area contributed by atoms with E-state index in [0.717, 1.165) is 24.2 Å². The molecule has 3 heteroatoms. The molecule has 0 aromatic carbocycles. The fraction of sp³-hybridized carbons (Fsp3) is 0.864. The molecule has 148 valence electrons. The summed E-state index contributed by atoms with van der Waals surface area (Å²) >= 11 is 0. The summed E-state index contributed by atoms with van der Waals surface area (Å²) in [6.45, 7) is 13.2. The van der Waals surface area contributed by atoms with Crippen molar-refractivity contribution in [2.24, 2.45) is 17.8 Å². The molecule has 0 aromatic rings. The van der Waals surface area contributed by atoms with Gasteiger partial charge in [-0.15, -0.1) is 0 Å². The van der Waals surface area contributed by atoms with Gasteiger partial charge in [0.2, 0.25) is 0 Å². The lowest BCUT2D eigenvalue weighted by Gasteiger charge is -2.15. The predicted octanol–water partition coefficient (Wildman–Crippen LogP) is 6.87. The summed E-state index contributed by atoms with van der Waals surface area (Å²) < 4.78 is 0. The molecule has 25 heavy (non-hydrogen) atoms. The van der Waals surface area contributed by atoms with Crippen LogP contribution in [0.4, 0.5) is 0 Å². The van der Waals surface area contributed by atoms with Crippen molar-refractivity contribution in [2.45, 2.75) is 99.3 Å². The third kappa shape index (κ3) is 17.8. The van der Waals surface area contributed by atoms with Gasteiger partial charge in [-0.3, -0.25) is 4.89 Å². The molecule has 0 N–H and O–H groups in total. The van der Waals surface area contributed by atoms with Crippen LogP contribution in [-0.2, 0) is 14.6 Å². The zero-order valence-corrected chi connectivity index (χ0v) is 17.6. The van der Waals surface area contributed by atoms with Crippen LogP contribution in [0.1, 0.15) is 99.3 Å². The van der Waals surface area contributed by atoms with Crippen molar-refractivity contribution in [3.63, 3.8) is 0 Å². The van der Waals surface area contributed by atoms with Crippen LogP contribution >= 0.6 is 0 Å². The second-order valence-corrected chi connectivity index (χ2v) is 8.27. The molecule has 0 aromatic heterocycles. The molecular formula is C22H42O3. The van der Waals surface area contributed by atoms with E-state index in [-0.39, 0.29) is 0 Å². The molecule has 0 unspecified atom stereocenters. The highest BCUT2D eigenvalue weighted by Crippen LogP contribution is 2.22. The van der Waals surface area contributed by atoms with Gasteiger partial charge < -0.3 is 0 Å². The van der Waals surface area contributed by atoms with Gasteiger partial charge in [0.1, 0.15) is 6.61 Å². The Hall–Kier alpha value is -0.830. The molecule has 0 aliphatic carbocycles. The van der Waals surface area contributed by atoms with Gasteiger partial charge >= 0.3 is 5.97 Å². The molecule has 0 spiro atoms. The summed E-state index contributed by atoms with van der Waals surface area (Å²) in [7, 11) is 0. The molecule has 0 heterocycles. The lowest BCUT2D eigenvalue weighted by atomic mass is 9.91. The lowest BCUT2D eigenvalue weighted by molar-refractivity contribution is -0.263. The van der Waals surface area contributed by atoms with Crippen LogP contribution in [0, 0.1) is 17.8 Å². The SMILES string of the molecule is CC(=O)OOCC=C(C)CCC[C@@H](C)CCC[C@@H](C)CCCC(C)C. The number of rotatable bonds is 15.